The van der Waals surface area contributed by atoms with Crippen LogP contribution in [0.25, 0.3) is 0 Å². The smallest absolute Gasteiger partial charge is 0.0538 e. The molecule has 2 heteroatoms. The normalized spacial score (nSPS) is 19.2. The van der Waals surface area contributed by atoms with E-state index in [2.05, 4.69) is 18.7 Å². The number of aliphatic hydroxyl groups is 1. The molecule has 1 unspecified atom stereocenters. The molecule has 0 aliphatic heterocycles. The number of hydrogen-bond donors (Lipinski definition) is 1. The van der Waals surface area contributed by atoms with E-state index >= 15 is 0 Å². The quantitative estimate of drug-likeness (QED) is 0.670. The van der Waals surface area contributed by atoms with Crippen LogP contribution in [-0.2, 0) is 0 Å². The van der Waals surface area contributed by atoms with Gasteiger partial charge in [0, 0.05) is 6.54 Å². The first kappa shape index (κ1) is 13.0. The zero-order valence-corrected chi connectivity index (χ0v) is 10.4. The standard InChI is InChI=1S/C13H27NO/c1-3-13(15)9-6-10-14(4-2)11-12-7-5-8-12/h12-13,15H,3-11H2,1-2H3. The Morgan fingerprint density at radius 3 is 2.53 bits per heavy atom. The molecule has 0 heterocycles. The summed E-state index contributed by atoms with van der Waals surface area (Å²) in [5.41, 5.74) is 0. The second-order valence-corrected chi connectivity index (χ2v) is 4.89. The molecule has 90 valence electrons. The SMILES string of the molecule is CCC(O)CCCN(CC)CC1CCC1. The zero-order valence-electron chi connectivity index (χ0n) is 10.4. The summed E-state index contributed by atoms with van der Waals surface area (Å²) in [4.78, 5) is 2.55. The molecule has 1 fully saturated rings. The molecule has 1 saturated carbocycles. The number of aliphatic hydroxyl groups excluding tert-OH is 1. The van der Waals surface area contributed by atoms with E-state index < -0.39 is 0 Å². The summed E-state index contributed by atoms with van der Waals surface area (Å²) in [6, 6.07) is 0. The van der Waals surface area contributed by atoms with E-state index in [0.29, 0.717) is 0 Å². The van der Waals surface area contributed by atoms with Gasteiger partial charge in [0.2, 0.25) is 0 Å². The monoisotopic (exact) mass is 213 g/mol. The van der Waals surface area contributed by atoms with Gasteiger partial charge in [0.1, 0.15) is 0 Å². The van der Waals surface area contributed by atoms with E-state index in [1.165, 1.54) is 38.9 Å². The molecule has 0 spiro atoms. The van der Waals surface area contributed by atoms with Crippen molar-refractivity contribution in [2.45, 2.75) is 58.5 Å². The fourth-order valence-electron chi connectivity index (χ4n) is 2.17. The van der Waals surface area contributed by atoms with Crippen LogP contribution in [0.15, 0.2) is 0 Å². The molecule has 1 aliphatic carbocycles. The van der Waals surface area contributed by atoms with Crippen molar-refractivity contribution in [3.05, 3.63) is 0 Å². The third-order valence-electron chi connectivity index (χ3n) is 3.67. The van der Waals surface area contributed by atoms with E-state index in [-0.39, 0.29) is 6.10 Å². The summed E-state index contributed by atoms with van der Waals surface area (Å²) in [5, 5.41) is 9.46. The molecular formula is C13H27NO. The molecule has 0 aromatic rings. The van der Waals surface area contributed by atoms with Crippen molar-refractivity contribution in [2.24, 2.45) is 5.92 Å². The lowest BCUT2D eigenvalue weighted by molar-refractivity contribution is 0.140. The summed E-state index contributed by atoms with van der Waals surface area (Å²) in [5.74, 6) is 0.973. The van der Waals surface area contributed by atoms with E-state index in [0.717, 1.165) is 25.2 Å². The van der Waals surface area contributed by atoms with Gasteiger partial charge >= 0.3 is 0 Å². The molecule has 0 aromatic carbocycles. The maximum Gasteiger partial charge on any atom is 0.0538 e. The van der Waals surface area contributed by atoms with Gasteiger partial charge in [-0.2, -0.15) is 0 Å². The Bertz CT molecular complexity index is 157. The summed E-state index contributed by atoms with van der Waals surface area (Å²) >= 11 is 0. The van der Waals surface area contributed by atoms with E-state index in [1.807, 2.05) is 0 Å². The highest BCUT2D eigenvalue weighted by atomic mass is 16.3. The molecule has 0 saturated heterocycles. The first-order valence-electron chi connectivity index (χ1n) is 6.66. The van der Waals surface area contributed by atoms with Gasteiger partial charge in [0.05, 0.1) is 6.10 Å². The average Bonchev–Trinajstić information content (AvgIpc) is 2.20. The van der Waals surface area contributed by atoms with Crippen molar-refractivity contribution in [2.75, 3.05) is 19.6 Å². The Labute approximate surface area is 94.7 Å². The number of rotatable bonds is 8. The van der Waals surface area contributed by atoms with Gasteiger partial charge in [-0.25, -0.2) is 0 Å². The van der Waals surface area contributed by atoms with Crippen LogP contribution in [0.5, 0.6) is 0 Å². The highest BCUT2D eigenvalue weighted by molar-refractivity contribution is 4.73. The minimum absolute atomic E-state index is 0.0765. The molecule has 0 amide bonds. The van der Waals surface area contributed by atoms with Gasteiger partial charge in [-0.1, -0.05) is 20.3 Å². The van der Waals surface area contributed by atoms with Crippen molar-refractivity contribution in [1.82, 2.24) is 4.90 Å². The molecule has 1 atom stereocenters. The van der Waals surface area contributed by atoms with E-state index in [9.17, 15) is 5.11 Å². The third-order valence-corrected chi connectivity index (χ3v) is 3.67. The minimum atomic E-state index is -0.0765. The molecule has 1 N–H and O–H groups in total. The largest absolute Gasteiger partial charge is 0.393 e. The van der Waals surface area contributed by atoms with Gasteiger partial charge in [-0.05, 0) is 51.1 Å². The van der Waals surface area contributed by atoms with Crippen LogP contribution in [0.2, 0.25) is 0 Å². The highest BCUT2D eigenvalue weighted by Crippen LogP contribution is 2.27. The van der Waals surface area contributed by atoms with Crippen LogP contribution in [0, 0.1) is 5.92 Å². The lowest BCUT2D eigenvalue weighted by Gasteiger charge is -2.31. The van der Waals surface area contributed by atoms with Gasteiger partial charge < -0.3 is 10.0 Å². The van der Waals surface area contributed by atoms with Crippen LogP contribution in [0.4, 0.5) is 0 Å². The molecule has 2 nitrogen and oxygen atoms in total. The van der Waals surface area contributed by atoms with Crippen LogP contribution in [0.3, 0.4) is 0 Å². The van der Waals surface area contributed by atoms with E-state index in [4.69, 9.17) is 0 Å². The van der Waals surface area contributed by atoms with Crippen molar-refractivity contribution >= 4 is 0 Å². The van der Waals surface area contributed by atoms with Crippen LogP contribution in [0.1, 0.15) is 52.4 Å². The van der Waals surface area contributed by atoms with Gasteiger partial charge in [0.25, 0.3) is 0 Å². The molecule has 1 rings (SSSR count). The van der Waals surface area contributed by atoms with Crippen LogP contribution < -0.4 is 0 Å². The topological polar surface area (TPSA) is 23.5 Å². The van der Waals surface area contributed by atoms with Crippen molar-refractivity contribution < 1.29 is 5.11 Å². The van der Waals surface area contributed by atoms with Gasteiger partial charge in [-0.3, -0.25) is 0 Å². The van der Waals surface area contributed by atoms with Crippen LogP contribution in [-0.4, -0.2) is 35.7 Å². The molecule has 15 heavy (non-hydrogen) atoms. The number of nitrogens with zero attached hydrogens (tertiary/aromatic N) is 1. The summed E-state index contributed by atoms with van der Waals surface area (Å²) in [7, 11) is 0. The molecule has 0 aromatic heterocycles. The van der Waals surface area contributed by atoms with E-state index in [1.54, 1.807) is 0 Å². The van der Waals surface area contributed by atoms with Gasteiger partial charge in [0.15, 0.2) is 0 Å². The van der Waals surface area contributed by atoms with Crippen LogP contribution >= 0.6 is 0 Å². The lowest BCUT2D eigenvalue weighted by Crippen LogP contribution is -2.33. The Morgan fingerprint density at radius 2 is 2.07 bits per heavy atom. The van der Waals surface area contributed by atoms with Crippen molar-refractivity contribution in [3.8, 4) is 0 Å². The van der Waals surface area contributed by atoms with Crippen molar-refractivity contribution in [1.29, 1.82) is 0 Å². The Hall–Kier alpha value is -0.0800. The predicted molar refractivity (Wildman–Crippen MR) is 65.0 cm³/mol. The Balaban J connectivity index is 2.04. The summed E-state index contributed by atoms with van der Waals surface area (Å²) in [6.45, 7) is 7.92. The fraction of sp³-hybridized carbons (Fsp3) is 1.00. The minimum Gasteiger partial charge on any atom is -0.393 e. The van der Waals surface area contributed by atoms with Gasteiger partial charge in [-0.15, -0.1) is 0 Å². The van der Waals surface area contributed by atoms with Crippen molar-refractivity contribution in [3.63, 3.8) is 0 Å². The molecular weight excluding hydrogens is 186 g/mol. The Morgan fingerprint density at radius 1 is 1.33 bits per heavy atom. The third kappa shape index (κ3) is 4.98. The Kier molecular flexibility index (Phi) is 6.26. The molecule has 1 aliphatic rings. The molecule has 0 radical (unpaired) electrons. The lowest BCUT2D eigenvalue weighted by atomic mass is 9.85. The maximum absolute atomic E-state index is 9.46. The summed E-state index contributed by atoms with van der Waals surface area (Å²) < 4.78 is 0. The average molecular weight is 213 g/mol. The second kappa shape index (κ2) is 7.24. The molecule has 0 bridgehead atoms. The fourth-order valence-corrected chi connectivity index (χ4v) is 2.17. The summed E-state index contributed by atoms with van der Waals surface area (Å²) in [6.07, 6.45) is 7.26. The predicted octanol–water partition coefficient (Wildman–Crippen LogP) is 2.66. The second-order valence-electron chi connectivity index (χ2n) is 4.89. The number of hydrogen-bond acceptors (Lipinski definition) is 2. The zero-order chi connectivity index (χ0) is 11.1. The first-order valence-corrected chi connectivity index (χ1v) is 6.66. The highest BCUT2D eigenvalue weighted by Gasteiger charge is 2.19. The maximum atomic E-state index is 9.46. The first-order chi connectivity index (χ1) is 7.26.